The summed E-state index contributed by atoms with van der Waals surface area (Å²) in [6.45, 7) is 2.03. The number of para-hydroxylation sites is 3. The van der Waals surface area contributed by atoms with Gasteiger partial charge in [0, 0.05) is 18.8 Å². The molecule has 1 heterocycles. The van der Waals surface area contributed by atoms with E-state index in [0.717, 1.165) is 18.8 Å². The van der Waals surface area contributed by atoms with Gasteiger partial charge in [-0.15, -0.1) is 0 Å². The Morgan fingerprint density at radius 3 is 2.50 bits per heavy atom. The van der Waals surface area contributed by atoms with Gasteiger partial charge in [-0.3, -0.25) is 4.79 Å². The smallest absolute Gasteiger partial charge is 0.257 e. The van der Waals surface area contributed by atoms with Crippen molar-refractivity contribution in [2.75, 3.05) is 30.4 Å². The number of amides is 1. The molecule has 0 spiro atoms. The Balaban J connectivity index is 1.86. The van der Waals surface area contributed by atoms with Gasteiger partial charge in [-0.2, -0.15) is 0 Å². The number of ether oxygens (including phenoxy) is 1. The lowest BCUT2D eigenvalue weighted by atomic mass is 10.1. The molecule has 2 aromatic rings. The maximum absolute atomic E-state index is 12.7. The molecule has 0 unspecified atom stereocenters. The van der Waals surface area contributed by atoms with E-state index >= 15 is 0 Å². The number of benzene rings is 2. The molecule has 0 aromatic heterocycles. The summed E-state index contributed by atoms with van der Waals surface area (Å²) in [7, 11) is 1.60. The first-order valence-corrected chi connectivity index (χ1v) is 7.58. The van der Waals surface area contributed by atoms with Crippen molar-refractivity contribution in [3.05, 3.63) is 54.1 Å². The summed E-state index contributed by atoms with van der Waals surface area (Å²) in [4.78, 5) is 14.9. The molecule has 2 aromatic carbocycles. The molecule has 1 fully saturated rings. The maximum atomic E-state index is 12.7. The van der Waals surface area contributed by atoms with Crippen LogP contribution in [-0.2, 0) is 0 Å². The number of hydrogen-bond donors (Lipinski definition) is 1. The first-order chi connectivity index (χ1) is 10.8. The number of nitrogens with zero attached hydrogens (tertiary/aromatic N) is 1. The Morgan fingerprint density at radius 2 is 1.73 bits per heavy atom. The van der Waals surface area contributed by atoms with Crippen molar-refractivity contribution in [1.29, 1.82) is 0 Å². The average molecular weight is 296 g/mol. The molecule has 0 radical (unpaired) electrons. The highest BCUT2D eigenvalue weighted by atomic mass is 16.5. The molecule has 1 amide bonds. The van der Waals surface area contributed by atoms with Crippen molar-refractivity contribution >= 4 is 17.3 Å². The zero-order chi connectivity index (χ0) is 15.4. The second kappa shape index (κ2) is 6.52. The topological polar surface area (TPSA) is 41.6 Å². The van der Waals surface area contributed by atoms with Crippen LogP contribution in [0.5, 0.6) is 5.75 Å². The Morgan fingerprint density at radius 1 is 1.05 bits per heavy atom. The molecule has 0 atom stereocenters. The molecule has 0 bridgehead atoms. The zero-order valence-corrected chi connectivity index (χ0v) is 12.7. The highest BCUT2D eigenvalue weighted by Gasteiger charge is 2.19. The Kier molecular flexibility index (Phi) is 4.28. The summed E-state index contributed by atoms with van der Waals surface area (Å²) < 4.78 is 5.29. The van der Waals surface area contributed by atoms with Gasteiger partial charge in [-0.25, -0.2) is 0 Å². The molecule has 4 nitrogen and oxygen atoms in total. The van der Waals surface area contributed by atoms with Gasteiger partial charge >= 0.3 is 0 Å². The predicted octanol–water partition coefficient (Wildman–Crippen LogP) is 3.55. The van der Waals surface area contributed by atoms with Crippen LogP contribution in [0.2, 0.25) is 0 Å². The van der Waals surface area contributed by atoms with Crippen LogP contribution in [-0.4, -0.2) is 26.1 Å². The molecule has 1 N–H and O–H groups in total. The van der Waals surface area contributed by atoms with E-state index < -0.39 is 0 Å². The van der Waals surface area contributed by atoms with Crippen LogP contribution in [0.15, 0.2) is 48.5 Å². The van der Waals surface area contributed by atoms with Crippen molar-refractivity contribution in [2.45, 2.75) is 12.8 Å². The van der Waals surface area contributed by atoms with Gasteiger partial charge in [0.15, 0.2) is 0 Å². The van der Waals surface area contributed by atoms with E-state index in [4.69, 9.17) is 4.74 Å². The highest BCUT2D eigenvalue weighted by molar-refractivity contribution is 6.08. The molecule has 3 rings (SSSR count). The zero-order valence-electron chi connectivity index (χ0n) is 12.7. The summed E-state index contributed by atoms with van der Waals surface area (Å²) in [5, 5.41) is 2.95. The molecule has 0 aliphatic carbocycles. The third-order valence-corrected chi connectivity index (χ3v) is 3.95. The predicted molar refractivity (Wildman–Crippen MR) is 88.8 cm³/mol. The maximum Gasteiger partial charge on any atom is 0.257 e. The number of carbonyl (C=O) groups is 1. The van der Waals surface area contributed by atoms with Crippen LogP contribution in [0, 0.1) is 0 Å². The first kappa shape index (κ1) is 14.4. The number of anilines is 2. The second-order valence-electron chi connectivity index (χ2n) is 5.37. The van der Waals surface area contributed by atoms with Crippen molar-refractivity contribution in [2.24, 2.45) is 0 Å². The Hall–Kier alpha value is -2.49. The van der Waals surface area contributed by atoms with E-state index in [1.54, 1.807) is 7.11 Å². The molecule has 1 aliphatic rings. The summed E-state index contributed by atoms with van der Waals surface area (Å²) in [5.41, 5.74) is 2.40. The van der Waals surface area contributed by atoms with Crippen molar-refractivity contribution in [3.63, 3.8) is 0 Å². The van der Waals surface area contributed by atoms with Crippen molar-refractivity contribution < 1.29 is 9.53 Å². The molecule has 1 saturated heterocycles. The molecule has 22 heavy (non-hydrogen) atoms. The molecule has 0 saturated carbocycles. The van der Waals surface area contributed by atoms with Crippen LogP contribution >= 0.6 is 0 Å². The Labute approximate surface area is 130 Å². The van der Waals surface area contributed by atoms with Crippen LogP contribution in [0.25, 0.3) is 0 Å². The summed E-state index contributed by atoms with van der Waals surface area (Å²) in [6, 6.07) is 15.2. The van der Waals surface area contributed by atoms with Gasteiger partial charge in [0.1, 0.15) is 5.75 Å². The van der Waals surface area contributed by atoms with Gasteiger partial charge in [-0.05, 0) is 37.1 Å². The monoisotopic (exact) mass is 296 g/mol. The van der Waals surface area contributed by atoms with E-state index in [9.17, 15) is 4.79 Å². The molecular formula is C18H20N2O2. The molecule has 114 valence electrons. The largest absolute Gasteiger partial charge is 0.495 e. The average Bonchev–Trinajstić information content (AvgIpc) is 3.09. The van der Waals surface area contributed by atoms with Gasteiger partial charge in [-0.1, -0.05) is 24.3 Å². The lowest BCUT2D eigenvalue weighted by Gasteiger charge is -2.21. The van der Waals surface area contributed by atoms with E-state index in [2.05, 4.69) is 10.2 Å². The minimum Gasteiger partial charge on any atom is -0.495 e. The van der Waals surface area contributed by atoms with Crippen LogP contribution < -0.4 is 15.0 Å². The minimum atomic E-state index is -0.105. The lowest BCUT2D eigenvalue weighted by molar-refractivity contribution is 0.102. The number of nitrogens with one attached hydrogen (secondary N) is 1. The van der Waals surface area contributed by atoms with Crippen LogP contribution in [0.3, 0.4) is 0 Å². The number of carbonyl (C=O) groups excluding carboxylic acids is 1. The SMILES string of the molecule is COc1ccccc1NC(=O)c1ccccc1N1CCCC1. The summed E-state index contributed by atoms with van der Waals surface area (Å²) in [5.74, 6) is 0.557. The van der Waals surface area contributed by atoms with E-state index in [-0.39, 0.29) is 5.91 Å². The lowest BCUT2D eigenvalue weighted by Crippen LogP contribution is -2.22. The minimum absolute atomic E-state index is 0.105. The molecule has 1 aliphatic heterocycles. The second-order valence-corrected chi connectivity index (χ2v) is 5.37. The Bertz CT molecular complexity index is 664. The van der Waals surface area contributed by atoms with E-state index in [0.29, 0.717) is 17.0 Å². The fourth-order valence-electron chi connectivity index (χ4n) is 2.84. The van der Waals surface area contributed by atoms with Crippen LogP contribution in [0.4, 0.5) is 11.4 Å². The standard InChI is InChI=1S/C18H20N2O2/c1-22-17-11-5-3-9-15(17)19-18(21)14-8-2-4-10-16(14)20-12-6-7-13-20/h2-5,8-11H,6-7,12-13H2,1H3,(H,19,21). The highest BCUT2D eigenvalue weighted by Crippen LogP contribution is 2.27. The normalized spacial score (nSPS) is 14.0. The fourth-order valence-corrected chi connectivity index (χ4v) is 2.84. The summed E-state index contributed by atoms with van der Waals surface area (Å²) in [6.07, 6.45) is 2.37. The quantitative estimate of drug-likeness (QED) is 0.938. The van der Waals surface area contributed by atoms with E-state index in [1.165, 1.54) is 12.8 Å². The van der Waals surface area contributed by atoms with Crippen LogP contribution in [0.1, 0.15) is 23.2 Å². The fraction of sp³-hybridized carbons (Fsp3) is 0.278. The third kappa shape index (κ3) is 2.91. The van der Waals surface area contributed by atoms with Gasteiger partial charge < -0.3 is 15.0 Å². The molecule has 4 heteroatoms. The third-order valence-electron chi connectivity index (χ3n) is 3.95. The van der Waals surface area contributed by atoms with E-state index in [1.807, 2.05) is 48.5 Å². The van der Waals surface area contributed by atoms with Gasteiger partial charge in [0.25, 0.3) is 5.91 Å². The summed E-state index contributed by atoms with van der Waals surface area (Å²) >= 11 is 0. The number of rotatable bonds is 4. The van der Waals surface area contributed by atoms with Gasteiger partial charge in [0.2, 0.25) is 0 Å². The van der Waals surface area contributed by atoms with Crippen molar-refractivity contribution in [3.8, 4) is 5.75 Å². The van der Waals surface area contributed by atoms with Gasteiger partial charge in [0.05, 0.1) is 18.4 Å². The molecular weight excluding hydrogens is 276 g/mol. The number of hydrogen-bond acceptors (Lipinski definition) is 3. The first-order valence-electron chi connectivity index (χ1n) is 7.58. The van der Waals surface area contributed by atoms with Crippen molar-refractivity contribution in [1.82, 2.24) is 0 Å². The number of methoxy groups -OCH3 is 1.